The molecule has 23 heavy (non-hydrogen) atoms. The summed E-state index contributed by atoms with van der Waals surface area (Å²) in [6, 6.07) is 7.26. The third-order valence-electron chi connectivity index (χ3n) is 3.52. The summed E-state index contributed by atoms with van der Waals surface area (Å²) in [6.45, 7) is 2.96. The van der Waals surface area contributed by atoms with Crippen LogP contribution in [0.3, 0.4) is 0 Å². The molecule has 0 bridgehead atoms. The lowest BCUT2D eigenvalue weighted by molar-refractivity contribution is 0.102. The van der Waals surface area contributed by atoms with Crippen molar-refractivity contribution < 1.29 is 13.9 Å². The maximum Gasteiger partial charge on any atom is 0.257 e. The topological polar surface area (TPSA) is 54.5 Å². The Kier molecular flexibility index (Phi) is 4.73. The summed E-state index contributed by atoms with van der Waals surface area (Å²) < 4.78 is 18.3. The van der Waals surface area contributed by atoms with Gasteiger partial charge < -0.3 is 15.0 Å². The van der Waals surface area contributed by atoms with Crippen LogP contribution in [-0.4, -0.2) is 37.2 Å². The molecule has 7 heteroatoms. The van der Waals surface area contributed by atoms with Crippen molar-refractivity contribution in [1.82, 2.24) is 4.98 Å². The third-order valence-corrected chi connectivity index (χ3v) is 3.83. The summed E-state index contributed by atoms with van der Waals surface area (Å²) in [4.78, 5) is 18.6. The lowest BCUT2D eigenvalue weighted by Crippen LogP contribution is -2.36. The highest BCUT2D eigenvalue weighted by Crippen LogP contribution is 2.20. The molecule has 5 nitrogen and oxygen atoms in total. The molecule has 1 aromatic heterocycles. The van der Waals surface area contributed by atoms with Crippen molar-refractivity contribution in [3.63, 3.8) is 0 Å². The zero-order chi connectivity index (χ0) is 16.2. The Balaban J connectivity index is 1.69. The summed E-state index contributed by atoms with van der Waals surface area (Å²) >= 11 is 5.88. The van der Waals surface area contributed by atoms with Crippen LogP contribution in [-0.2, 0) is 4.74 Å². The van der Waals surface area contributed by atoms with Crippen molar-refractivity contribution in [1.29, 1.82) is 0 Å². The van der Waals surface area contributed by atoms with Crippen LogP contribution in [0, 0.1) is 5.82 Å². The number of nitrogens with zero attached hydrogens (tertiary/aromatic N) is 2. The fraction of sp³-hybridized carbons (Fsp3) is 0.250. The summed E-state index contributed by atoms with van der Waals surface area (Å²) in [5, 5.41) is 2.77. The van der Waals surface area contributed by atoms with Crippen LogP contribution < -0.4 is 10.2 Å². The quantitative estimate of drug-likeness (QED) is 0.937. The van der Waals surface area contributed by atoms with Gasteiger partial charge in [-0.1, -0.05) is 11.6 Å². The maximum absolute atomic E-state index is 13.0. The zero-order valence-electron chi connectivity index (χ0n) is 12.3. The number of rotatable bonds is 3. The lowest BCUT2D eigenvalue weighted by Gasteiger charge is -2.27. The average molecular weight is 336 g/mol. The predicted molar refractivity (Wildman–Crippen MR) is 86.6 cm³/mol. The zero-order valence-corrected chi connectivity index (χ0v) is 13.0. The molecule has 3 rings (SSSR count). The summed E-state index contributed by atoms with van der Waals surface area (Å²) in [5.41, 5.74) is 0.762. The molecular formula is C16H15ClFN3O2. The molecule has 1 saturated heterocycles. The Morgan fingerprint density at radius 3 is 2.70 bits per heavy atom. The molecule has 2 aromatic rings. The number of carbonyl (C=O) groups excluding carboxylic acids is 1. The van der Waals surface area contributed by atoms with E-state index in [4.69, 9.17) is 16.3 Å². The minimum absolute atomic E-state index is 0.0698. The standard InChI is InChI=1S/C16H15ClFN3O2/c17-14-9-11(18)1-3-13(14)16(22)20-12-2-4-15(19-10-12)21-5-7-23-8-6-21/h1-4,9-10H,5-8H2,(H,20,22). The normalized spacial score (nSPS) is 14.6. The molecule has 1 aliphatic heterocycles. The van der Waals surface area contributed by atoms with Gasteiger partial charge in [-0.25, -0.2) is 9.37 Å². The van der Waals surface area contributed by atoms with E-state index < -0.39 is 11.7 Å². The van der Waals surface area contributed by atoms with Gasteiger partial charge in [-0.15, -0.1) is 0 Å². The van der Waals surface area contributed by atoms with E-state index in [1.165, 1.54) is 12.1 Å². The van der Waals surface area contributed by atoms with Gasteiger partial charge in [0.05, 0.1) is 35.7 Å². The van der Waals surface area contributed by atoms with Crippen molar-refractivity contribution >= 4 is 29.0 Å². The average Bonchev–Trinajstić information content (AvgIpc) is 2.56. The van der Waals surface area contributed by atoms with E-state index in [0.29, 0.717) is 18.9 Å². The molecular weight excluding hydrogens is 321 g/mol. The van der Waals surface area contributed by atoms with Crippen molar-refractivity contribution in [2.24, 2.45) is 0 Å². The Morgan fingerprint density at radius 1 is 1.26 bits per heavy atom. The fourth-order valence-corrected chi connectivity index (χ4v) is 2.56. The minimum atomic E-state index is -0.483. The second kappa shape index (κ2) is 6.93. The SMILES string of the molecule is O=C(Nc1ccc(N2CCOCC2)nc1)c1ccc(F)cc1Cl. The number of morpholine rings is 1. The molecule has 0 atom stereocenters. The summed E-state index contributed by atoms with van der Waals surface area (Å²) in [5.74, 6) is -0.0508. The van der Waals surface area contributed by atoms with Crippen molar-refractivity contribution in [2.45, 2.75) is 0 Å². The first-order valence-corrected chi connectivity index (χ1v) is 7.56. The Hall–Kier alpha value is -2.18. The number of aromatic nitrogens is 1. The Bertz CT molecular complexity index is 703. The van der Waals surface area contributed by atoms with E-state index in [1.807, 2.05) is 6.07 Å². The second-order valence-corrected chi connectivity index (χ2v) is 5.49. The molecule has 0 aliphatic carbocycles. The Labute approximate surface area is 138 Å². The molecule has 0 unspecified atom stereocenters. The number of pyridine rings is 1. The number of ether oxygens (including phenoxy) is 1. The first-order chi connectivity index (χ1) is 11.1. The van der Waals surface area contributed by atoms with Gasteiger partial charge in [0.2, 0.25) is 0 Å². The van der Waals surface area contributed by atoms with Gasteiger partial charge in [0.25, 0.3) is 5.91 Å². The van der Waals surface area contributed by atoms with Crippen LogP contribution in [0.4, 0.5) is 15.9 Å². The van der Waals surface area contributed by atoms with E-state index in [2.05, 4.69) is 15.2 Å². The monoisotopic (exact) mass is 335 g/mol. The smallest absolute Gasteiger partial charge is 0.257 e. The highest BCUT2D eigenvalue weighted by atomic mass is 35.5. The van der Waals surface area contributed by atoms with E-state index in [9.17, 15) is 9.18 Å². The van der Waals surface area contributed by atoms with Gasteiger partial charge in [-0.05, 0) is 30.3 Å². The molecule has 1 aromatic carbocycles. The van der Waals surface area contributed by atoms with Gasteiger partial charge in [0, 0.05) is 13.1 Å². The largest absolute Gasteiger partial charge is 0.378 e. The van der Waals surface area contributed by atoms with Gasteiger partial charge >= 0.3 is 0 Å². The number of benzene rings is 1. The molecule has 120 valence electrons. The molecule has 1 fully saturated rings. The van der Waals surface area contributed by atoms with Crippen LogP contribution in [0.15, 0.2) is 36.5 Å². The molecule has 1 aliphatic rings. The molecule has 2 heterocycles. The van der Waals surface area contributed by atoms with Crippen LogP contribution in [0.25, 0.3) is 0 Å². The van der Waals surface area contributed by atoms with Gasteiger partial charge in [-0.2, -0.15) is 0 Å². The first kappa shape index (κ1) is 15.7. The van der Waals surface area contributed by atoms with E-state index in [1.54, 1.807) is 12.3 Å². The van der Waals surface area contributed by atoms with E-state index in [0.717, 1.165) is 25.0 Å². The highest BCUT2D eigenvalue weighted by Gasteiger charge is 2.14. The molecule has 1 amide bonds. The third kappa shape index (κ3) is 3.78. The van der Waals surface area contributed by atoms with E-state index in [-0.39, 0.29) is 10.6 Å². The van der Waals surface area contributed by atoms with Crippen LogP contribution in [0.1, 0.15) is 10.4 Å². The van der Waals surface area contributed by atoms with Crippen LogP contribution in [0.5, 0.6) is 0 Å². The Morgan fingerprint density at radius 2 is 2.04 bits per heavy atom. The van der Waals surface area contributed by atoms with Crippen molar-refractivity contribution in [3.05, 3.63) is 52.9 Å². The number of hydrogen-bond acceptors (Lipinski definition) is 4. The number of nitrogens with one attached hydrogen (secondary N) is 1. The molecule has 0 spiro atoms. The van der Waals surface area contributed by atoms with Gasteiger partial charge in [0.1, 0.15) is 11.6 Å². The predicted octanol–water partition coefficient (Wildman–Crippen LogP) is 2.96. The number of hydrogen-bond donors (Lipinski definition) is 1. The highest BCUT2D eigenvalue weighted by molar-refractivity contribution is 6.34. The summed E-state index contributed by atoms with van der Waals surface area (Å²) in [6.07, 6.45) is 1.58. The minimum Gasteiger partial charge on any atom is -0.378 e. The fourth-order valence-electron chi connectivity index (χ4n) is 2.31. The number of carbonyl (C=O) groups is 1. The van der Waals surface area contributed by atoms with Gasteiger partial charge in [0.15, 0.2) is 0 Å². The van der Waals surface area contributed by atoms with Crippen molar-refractivity contribution in [2.75, 3.05) is 36.5 Å². The lowest BCUT2D eigenvalue weighted by atomic mass is 10.2. The second-order valence-electron chi connectivity index (χ2n) is 5.08. The first-order valence-electron chi connectivity index (χ1n) is 7.18. The summed E-state index contributed by atoms with van der Waals surface area (Å²) in [7, 11) is 0. The number of anilines is 2. The molecule has 0 saturated carbocycles. The number of halogens is 2. The maximum atomic E-state index is 13.0. The van der Waals surface area contributed by atoms with Gasteiger partial charge in [-0.3, -0.25) is 4.79 Å². The molecule has 1 N–H and O–H groups in total. The van der Waals surface area contributed by atoms with Crippen LogP contribution >= 0.6 is 11.6 Å². The molecule has 0 radical (unpaired) electrons. The number of amides is 1. The van der Waals surface area contributed by atoms with Crippen molar-refractivity contribution in [3.8, 4) is 0 Å². The van der Waals surface area contributed by atoms with Crippen LogP contribution in [0.2, 0.25) is 5.02 Å². The van der Waals surface area contributed by atoms with E-state index >= 15 is 0 Å².